The molecule has 2 fully saturated rings. The molecule has 6 rings (SSSR count). The Bertz CT molecular complexity index is 1490. The summed E-state index contributed by atoms with van der Waals surface area (Å²) < 4.78 is 36.1. The number of carbonyl (C=O) groups excluding carboxylic acids is 2. The number of likely N-dealkylation sites (tertiary alicyclic amines) is 2. The highest BCUT2D eigenvalue weighted by Crippen LogP contribution is 2.41. The predicted octanol–water partition coefficient (Wildman–Crippen LogP) is 5.32. The minimum atomic E-state index is -3.05. The number of alkyl halides is 2. The summed E-state index contributed by atoms with van der Waals surface area (Å²) in [6.45, 7) is 2.56. The smallest absolute Gasteiger partial charge is 0.298 e. The number of aromatic nitrogens is 2. The maximum absolute atomic E-state index is 14.3. The van der Waals surface area contributed by atoms with Gasteiger partial charge >= 0.3 is 0 Å². The zero-order valence-corrected chi connectivity index (χ0v) is 24.2. The molecule has 4 heterocycles. The number of imidazole rings is 1. The van der Waals surface area contributed by atoms with Gasteiger partial charge in [0.1, 0.15) is 11.4 Å². The molecule has 2 amide bonds. The Morgan fingerprint density at radius 3 is 2.65 bits per heavy atom. The Kier molecular flexibility index (Phi) is 8.60. The summed E-state index contributed by atoms with van der Waals surface area (Å²) in [5, 5.41) is 5.86. The number of nitrogens with zero attached hydrogens (tertiary/aromatic N) is 4. The van der Waals surface area contributed by atoms with Crippen LogP contribution in [0.15, 0.2) is 54.6 Å². The number of carbonyl (C=O) groups is 2. The third kappa shape index (κ3) is 6.66. The molecular weight excluding hydrogens is 554 g/mol. The first-order chi connectivity index (χ1) is 20.9. The van der Waals surface area contributed by atoms with Gasteiger partial charge in [-0.15, -0.1) is 0 Å². The lowest BCUT2D eigenvalue weighted by Crippen LogP contribution is -2.35. The van der Waals surface area contributed by atoms with Crippen LogP contribution in [-0.2, 0) is 4.79 Å². The zero-order chi connectivity index (χ0) is 29.8. The van der Waals surface area contributed by atoms with Crippen molar-refractivity contribution in [2.24, 2.45) is 0 Å². The van der Waals surface area contributed by atoms with Crippen LogP contribution in [0.5, 0.6) is 5.75 Å². The zero-order valence-electron chi connectivity index (χ0n) is 24.2. The number of benzene rings is 2. The van der Waals surface area contributed by atoms with E-state index in [4.69, 9.17) is 9.72 Å². The second kappa shape index (κ2) is 12.7. The molecule has 0 unspecified atom stereocenters. The van der Waals surface area contributed by atoms with Gasteiger partial charge in [-0.05, 0) is 69.5 Å². The van der Waals surface area contributed by atoms with Crippen LogP contribution in [0.3, 0.4) is 0 Å². The number of halogens is 2. The Morgan fingerprint density at radius 1 is 1.05 bits per heavy atom. The summed E-state index contributed by atoms with van der Waals surface area (Å²) in [6, 6.07) is 11.9. The molecule has 11 heteroatoms. The molecular formula is C32H38F2N6O3. The van der Waals surface area contributed by atoms with Gasteiger partial charge in [0.2, 0.25) is 11.9 Å². The molecule has 3 aliphatic heterocycles. The number of fused-ring (bicyclic) bond motifs is 3. The Labute approximate surface area is 249 Å². The molecule has 9 nitrogen and oxygen atoms in total. The van der Waals surface area contributed by atoms with Crippen molar-refractivity contribution in [1.29, 1.82) is 0 Å². The van der Waals surface area contributed by atoms with Crippen molar-refractivity contribution < 1.29 is 23.1 Å². The molecule has 1 aromatic heterocycles. The van der Waals surface area contributed by atoms with Crippen molar-refractivity contribution in [1.82, 2.24) is 19.4 Å². The van der Waals surface area contributed by atoms with Crippen molar-refractivity contribution in [3.05, 3.63) is 60.2 Å². The Morgan fingerprint density at radius 2 is 1.84 bits per heavy atom. The number of ether oxygens (including phenoxy) is 1. The molecule has 43 heavy (non-hydrogen) atoms. The molecule has 2 aromatic carbocycles. The highest BCUT2D eigenvalue weighted by Gasteiger charge is 2.35. The van der Waals surface area contributed by atoms with Crippen LogP contribution in [0.2, 0.25) is 0 Å². The van der Waals surface area contributed by atoms with Gasteiger partial charge in [0.05, 0.1) is 23.6 Å². The molecule has 2 N–H and O–H groups in total. The molecule has 0 radical (unpaired) electrons. The lowest BCUT2D eigenvalue weighted by atomic mass is 10.1. The number of nitrogens with one attached hydrogen (secondary N) is 2. The molecule has 0 spiro atoms. The van der Waals surface area contributed by atoms with E-state index < -0.39 is 19.1 Å². The van der Waals surface area contributed by atoms with E-state index in [1.165, 1.54) is 19.3 Å². The second-order valence-electron chi connectivity index (χ2n) is 11.6. The topological polar surface area (TPSA) is 91.7 Å². The normalized spacial score (nSPS) is 21.0. The van der Waals surface area contributed by atoms with E-state index in [9.17, 15) is 18.4 Å². The van der Waals surface area contributed by atoms with Gasteiger partial charge in [0, 0.05) is 31.3 Å². The first-order valence-corrected chi connectivity index (χ1v) is 15.2. The summed E-state index contributed by atoms with van der Waals surface area (Å²) in [5.74, 6) is -2.83. The first-order valence-electron chi connectivity index (χ1n) is 15.2. The van der Waals surface area contributed by atoms with E-state index in [1.54, 1.807) is 42.5 Å². The van der Waals surface area contributed by atoms with Crippen LogP contribution in [0.25, 0.3) is 11.0 Å². The number of rotatable bonds is 6. The van der Waals surface area contributed by atoms with E-state index in [-0.39, 0.29) is 17.9 Å². The molecule has 0 bridgehead atoms. The van der Waals surface area contributed by atoms with Crippen molar-refractivity contribution in [2.75, 3.05) is 56.5 Å². The SMILES string of the molecule is O=C(Nc1nc2ccc3c(c2n1[C@@H]1CCCCN(C(=O)/C=C/CN2CCCCC2)C1)NCC(F)(F)CO3)c1ccccc1. The minimum absolute atomic E-state index is 0.0527. The lowest BCUT2D eigenvalue weighted by molar-refractivity contribution is -0.126. The van der Waals surface area contributed by atoms with Gasteiger partial charge in [-0.2, -0.15) is 0 Å². The van der Waals surface area contributed by atoms with Gasteiger partial charge in [-0.25, -0.2) is 13.8 Å². The van der Waals surface area contributed by atoms with E-state index in [2.05, 4.69) is 15.5 Å². The van der Waals surface area contributed by atoms with Crippen LogP contribution < -0.4 is 15.4 Å². The average Bonchev–Trinajstić information content (AvgIpc) is 3.13. The van der Waals surface area contributed by atoms with Gasteiger partial charge < -0.3 is 19.5 Å². The number of piperidine rings is 1. The molecule has 3 aromatic rings. The van der Waals surface area contributed by atoms with Crippen molar-refractivity contribution in [3.63, 3.8) is 0 Å². The van der Waals surface area contributed by atoms with Gasteiger partial charge in [-0.3, -0.25) is 19.8 Å². The highest BCUT2D eigenvalue weighted by atomic mass is 19.3. The van der Waals surface area contributed by atoms with Crippen LogP contribution in [0, 0.1) is 0 Å². The first kappa shape index (κ1) is 29.1. The van der Waals surface area contributed by atoms with Crippen LogP contribution in [0.4, 0.5) is 20.4 Å². The monoisotopic (exact) mass is 592 g/mol. The molecule has 2 saturated heterocycles. The predicted molar refractivity (Wildman–Crippen MR) is 162 cm³/mol. The maximum Gasteiger partial charge on any atom is 0.298 e. The van der Waals surface area contributed by atoms with Crippen LogP contribution >= 0.6 is 0 Å². The summed E-state index contributed by atoms with van der Waals surface area (Å²) in [5.41, 5.74) is 1.98. The minimum Gasteiger partial charge on any atom is -0.485 e. The number of anilines is 2. The molecule has 1 atom stereocenters. The van der Waals surface area contributed by atoms with Crippen LogP contribution in [-0.4, -0.2) is 83.0 Å². The van der Waals surface area contributed by atoms with Crippen molar-refractivity contribution in [2.45, 2.75) is 50.5 Å². The molecule has 3 aliphatic rings. The third-order valence-electron chi connectivity index (χ3n) is 8.43. The average molecular weight is 593 g/mol. The van der Waals surface area contributed by atoms with E-state index in [0.29, 0.717) is 47.1 Å². The largest absolute Gasteiger partial charge is 0.485 e. The third-order valence-corrected chi connectivity index (χ3v) is 8.43. The summed E-state index contributed by atoms with van der Waals surface area (Å²) in [6.07, 6.45) is 9.69. The van der Waals surface area contributed by atoms with Crippen LogP contribution in [0.1, 0.15) is 54.9 Å². The van der Waals surface area contributed by atoms with Gasteiger partial charge in [-0.1, -0.05) is 30.7 Å². The lowest BCUT2D eigenvalue weighted by Gasteiger charge is -2.27. The molecule has 0 saturated carbocycles. The Hall–Kier alpha value is -3.99. The molecule has 228 valence electrons. The summed E-state index contributed by atoms with van der Waals surface area (Å²) in [7, 11) is 0. The van der Waals surface area contributed by atoms with Gasteiger partial charge in [0.25, 0.3) is 11.8 Å². The number of hydrogen-bond acceptors (Lipinski definition) is 6. The fraction of sp³-hybridized carbons (Fsp3) is 0.469. The second-order valence-corrected chi connectivity index (χ2v) is 11.6. The van der Waals surface area contributed by atoms with E-state index in [1.807, 2.05) is 21.6 Å². The Balaban J connectivity index is 1.33. The van der Waals surface area contributed by atoms with Gasteiger partial charge in [0.15, 0.2) is 6.61 Å². The summed E-state index contributed by atoms with van der Waals surface area (Å²) in [4.78, 5) is 35.6. The van der Waals surface area contributed by atoms with E-state index >= 15 is 0 Å². The number of amides is 2. The van der Waals surface area contributed by atoms with Crippen molar-refractivity contribution in [3.8, 4) is 5.75 Å². The van der Waals surface area contributed by atoms with E-state index in [0.717, 1.165) is 38.9 Å². The molecule has 0 aliphatic carbocycles. The van der Waals surface area contributed by atoms with Crippen molar-refractivity contribution >= 4 is 34.5 Å². The standard InChI is InChI=1S/C32H38F2N6O3/c33-32(34)21-35-28-26(43-22-32)15-14-25-29(28)40(31(36-25)37-30(42)23-10-3-1-4-11-23)24-12-5-8-19-39(20-24)27(41)13-9-18-38-16-6-2-7-17-38/h1,3-4,9-11,13-15,24,35H,2,5-8,12,16-22H2,(H,36,37,42)/b13-9+/t24-/m1/s1. The number of hydrogen-bond donors (Lipinski definition) is 2. The summed E-state index contributed by atoms with van der Waals surface area (Å²) >= 11 is 0. The maximum atomic E-state index is 14.3. The fourth-order valence-corrected chi connectivity index (χ4v) is 6.20. The quantitative estimate of drug-likeness (QED) is 0.377. The highest BCUT2D eigenvalue weighted by molar-refractivity contribution is 6.05. The fourth-order valence-electron chi connectivity index (χ4n) is 6.20.